The number of Topliss-reactive ketones (excluding diaryl/α,β-unsaturated/α-hetero) is 1. The predicted molar refractivity (Wildman–Crippen MR) is 129 cm³/mol. The van der Waals surface area contributed by atoms with Crippen LogP contribution in [0.2, 0.25) is 0 Å². The minimum atomic E-state index is -0.232. The van der Waals surface area contributed by atoms with Gasteiger partial charge in [0.2, 0.25) is 0 Å². The lowest BCUT2D eigenvalue weighted by molar-refractivity contribution is -0.300. The van der Waals surface area contributed by atoms with Crippen molar-refractivity contribution >= 4 is 11.8 Å². The molecule has 33 heavy (non-hydrogen) atoms. The monoisotopic (exact) mass is 454 g/mol. The third-order valence-corrected chi connectivity index (χ3v) is 14.0. The molecular weight excluding hydrogens is 408 g/mol. The van der Waals surface area contributed by atoms with Gasteiger partial charge in [0.05, 0.1) is 5.41 Å². The second kappa shape index (κ2) is 6.47. The summed E-state index contributed by atoms with van der Waals surface area (Å²) >= 11 is 0. The Bertz CT molecular complexity index is 906. The van der Waals surface area contributed by atoms with Gasteiger partial charge in [-0.05, 0) is 97.2 Å². The lowest BCUT2D eigenvalue weighted by atomic mass is 9.30. The third kappa shape index (κ3) is 2.39. The number of ether oxygens (including phenoxy) is 1. The second-order valence-corrected chi connectivity index (χ2v) is 14.9. The highest BCUT2D eigenvalue weighted by molar-refractivity contribution is 5.85. The topological polar surface area (TPSA) is 43.4 Å². The molecule has 0 N–H and O–H groups in total. The van der Waals surface area contributed by atoms with E-state index in [0.29, 0.717) is 41.3 Å². The van der Waals surface area contributed by atoms with Crippen molar-refractivity contribution in [3.05, 3.63) is 0 Å². The van der Waals surface area contributed by atoms with Crippen LogP contribution in [0.3, 0.4) is 0 Å². The van der Waals surface area contributed by atoms with Crippen LogP contribution in [0.5, 0.6) is 0 Å². The fourth-order valence-corrected chi connectivity index (χ4v) is 11.7. The number of carbonyl (C=O) groups is 2. The Morgan fingerprint density at radius 2 is 1.52 bits per heavy atom. The van der Waals surface area contributed by atoms with Crippen LogP contribution in [0.4, 0.5) is 0 Å². The molecule has 0 amide bonds. The van der Waals surface area contributed by atoms with Gasteiger partial charge in [0.1, 0.15) is 11.9 Å². The Morgan fingerprint density at radius 1 is 0.788 bits per heavy atom. The molecule has 3 heteroatoms. The average Bonchev–Trinajstić information content (AvgIpc) is 2.75. The van der Waals surface area contributed by atoms with E-state index in [1.807, 2.05) is 0 Å². The van der Waals surface area contributed by atoms with Gasteiger partial charge in [0.25, 0.3) is 0 Å². The maximum Gasteiger partial charge on any atom is 0.312 e. The summed E-state index contributed by atoms with van der Waals surface area (Å²) in [5, 5.41) is 0. The quantitative estimate of drug-likeness (QED) is 0.377. The van der Waals surface area contributed by atoms with Gasteiger partial charge in [0, 0.05) is 17.8 Å². The number of hydrogen-bond acceptors (Lipinski definition) is 3. The Balaban J connectivity index is 1.47. The summed E-state index contributed by atoms with van der Waals surface area (Å²) in [6.45, 7) is 17.0. The predicted octanol–water partition coefficient (Wildman–Crippen LogP) is 6.83. The van der Waals surface area contributed by atoms with Gasteiger partial charge >= 0.3 is 5.97 Å². The van der Waals surface area contributed by atoms with E-state index in [4.69, 9.17) is 4.74 Å². The first-order valence-electron chi connectivity index (χ1n) is 14.1. The highest BCUT2D eigenvalue weighted by atomic mass is 16.5. The van der Waals surface area contributed by atoms with Crippen LogP contribution in [0.1, 0.15) is 106 Å². The molecule has 0 aromatic heterocycles. The van der Waals surface area contributed by atoms with Crippen molar-refractivity contribution in [3.63, 3.8) is 0 Å². The molecule has 1 heterocycles. The minimum Gasteiger partial charge on any atom is -0.462 e. The largest absolute Gasteiger partial charge is 0.462 e. The molecule has 1 saturated heterocycles. The standard InChI is InChI=1S/C30H46O3/c1-17-8-13-30-15-14-29(7)24(23(30)18(17)2)19(33-25(30)32)16-21-27(5)11-10-22(31)26(3,4)20(27)9-12-28(21,29)6/h17-21,23-24H,8-16H2,1-7H3. The molecule has 6 rings (SSSR count). The van der Waals surface area contributed by atoms with E-state index in [1.165, 1.54) is 25.7 Å². The van der Waals surface area contributed by atoms with Crippen molar-refractivity contribution in [3.8, 4) is 0 Å². The van der Waals surface area contributed by atoms with Crippen LogP contribution in [-0.2, 0) is 14.3 Å². The first kappa shape index (κ1) is 22.6. The van der Waals surface area contributed by atoms with Gasteiger partial charge in [0.15, 0.2) is 0 Å². The molecule has 0 radical (unpaired) electrons. The first-order valence-corrected chi connectivity index (χ1v) is 14.1. The molecule has 3 nitrogen and oxygen atoms in total. The summed E-state index contributed by atoms with van der Waals surface area (Å²) in [6, 6.07) is 0. The first-order chi connectivity index (χ1) is 15.3. The number of ketones is 1. The molecule has 5 saturated carbocycles. The van der Waals surface area contributed by atoms with Crippen LogP contribution >= 0.6 is 0 Å². The molecule has 0 aromatic carbocycles. The number of carbonyl (C=O) groups excluding carboxylic acids is 2. The zero-order chi connectivity index (χ0) is 23.8. The zero-order valence-electron chi connectivity index (χ0n) is 22.1. The summed E-state index contributed by atoms with van der Waals surface area (Å²) in [6.07, 6.45) is 9.65. The fourth-order valence-electron chi connectivity index (χ4n) is 11.7. The Morgan fingerprint density at radius 3 is 2.24 bits per heavy atom. The second-order valence-electron chi connectivity index (χ2n) is 14.9. The van der Waals surface area contributed by atoms with Crippen LogP contribution in [-0.4, -0.2) is 17.9 Å². The van der Waals surface area contributed by atoms with E-state index in [9.17, 15) is 9.59 Å². The smallest absolute Gasteiger partial charge is 0.312 e. The summed E-state index contributed by atoms with van der Waals surface area (Å²) < 4.78 is 6.52. The number of fused-ring (bicyclic) bond motifs is 4. The molecule has 5 aliphatic carbocycles. The van der Waals surface area contributed by atoms with Crippen LogP contribution in [0.15, 0.2) is 0 Å². The van der Waals surface area contributed by atoms with Crippen LogP contribution in [0, 0.1) is 62.6 Å². The van der Waals surface area contributed by atoms with Crippen molar-refractivity contribution in [2.45, 2.75) is 112 Å². The van der Waals surface area contributed by atoms with Crippen molar-refractivity contribution in [1.29, 1.82) is 0 Å². The van der Waals surface area contributed by atoms with Gasteiger partial charge in [-0.3, -0.25) is 9.59 Å². The van der Waals surface area contributed by atoms with Gasteiger partial charge in [-0.2, -0.15) is 0 Å². The summed E-state index contributed by atoms with van der Waals surface area (Å²) in [7, 11) is 0. The fraction of sp³-hybridized carbons (Fsp3) is 0.933. The van der Waals surface area contributed by atoms with E-state index < -0.39 is 0 Å². The number of esters is 1. The van der Waals surface area contributed by atoms with E-state index in [1.54, 1.807) is 0 Å². The molecule has 184 valence electrons. The van der Waals surface area contributed by atoms with Gasteiger partial charge in [-0.1, -0.05) is 48.5 Å². The Hall–Kier alpha value is -0.860. The molecule has 0 aromatic rings. The molecule has 1 aliphatic heterocycles. The van der Waals surface area contributed by atoms with Gasteiger partial charge in [-0.15, -0.1) is 0 Å². The summed E-state index contributed by atoms with van der Waals surface area (Å²) in [4.78, 5) is 26.7. The van der Waals surface area contributed by atoms with Crippen molar-refractivity contribution in [2.75, 3.05) is 0 Å². The zero-order valence-corrected chi connectivity index (χ0v) is 22.1. The van der Waals surface area contributed by atoms with E-state index in [0.717, 1.165) is 32.1 Å². The Labute approximate surface area is 201 Å². The maximum atomic E-state index is 13.7. The lowest BCUT2D eigenvalue weighted by Crippen LogP contribution is -2.73. The van der Waals surface area contributed by atoms with Gasteiger partial charge < -0.3 is 4.74 Å². The highest BCUT2D eigenvalue weighted by Crippen LogP contribution is 2.78. The lowest BCUT2D eigenvalue weighted by Gasteiger charge is -2.75. The molecule has 6 fully saturated rings. The normalized spacial score (nSPS) is 59.1. The van der Waals surface area contributed by atoms with Crippen molar-refractivity contribution in [1.82, 2.24) is 0 Å². The molecule has 6 aliphatic rings. The van der Waals surface area contributed by atoms with Gasteiger partial charge in [-0.25, -0.2) is 0 Å². The van der Waals surface area contributed by atoms with E-state index >= 15 is 0 Å². The summed E-state index contributed by atoms with van der Waals surface area (Å²) in [5.74, 6) is 3.86. The minimum absolute atomic E-state index is 0.0723. The Kier molecular flexibility index (Phi) is 4.43. The summed E-state index contributed by atoms with van der Waals surface area (Å²) in [5.41, 5.74) is 0.176. The third-order valence-electron chi connectivity index (χ3n) is 14.0. The molecule has 11 atom stereocenters. The number of hydrogen-bond donors (Lipinski definition) is 0. The molecule has 0 spiro atoms. The SMILES string of the molecule is CC1CCC23CCC4(C)C(C(CC5C6(C)CCC(=O)C(C)(C)C6CCC54C)OC2=O)C3C1C. The highest BCUT2D eigenvalue weighted by Gasteiger charge is 2.75. The van der Waals surface area contributed by atoms with E-state index in [-0.39, 0.29) is 39.1 Å². The molecular formula is C30H46O3. The average molecular weight is 455 g/mol. The maximum absolute atomic E-state index is 13.7. The van der Waals surface area contributed by atoms with Crippen molar-refractivity contribution in [2.24, 2.45) is 62.6 Å². The molecule has 11 unspecified atom stereocenters. The molecule has 2 bridgehead atoms. The van der Waals surface area contributed by atoms with Crippen molar-refractivity contribution < 1.29 is 14.3 Å². The van der Waals surface area contributed by atoms with E-state index in [2.05, 4.69) is 48.5 Å². The van der Waals surface area contributed by atoms with Crippen LogP contribution in [0.25, 0.3) is 0 Å². The van der Waals surface area contributed by atoms with Crippen LogP contribution < -0.4 is 0 Å². The number of rotatable bonds is 0.